The molecule has 1 rings (SSSR count). The zero-order chi connectivity index (χ0) is 12.1. The highest BCUT2D eigenvalue weighted by Gasteiger charge is 2.07. The molecule has 8 heteroatoms. The molecule has 0 atom stereocenters. The van der Waals surface area contributed by atoms with Crippen molar-refractivity contribution >= 4 is 46.8 Å². The van der Waals surface area contributed by atoms with Crippen LogP contribution in [0, 0.1) is 0 Å². The molecule has 0 bridgehead atoms. The molecule has 0 aliphatic heterocycles. The summed E-state index contributed by atoms with van der Waals surface area (Å²) in [5.41, 5.74) is 26.6. The highest BCUT2D eigenvalue weighted by atomic mass is 32.1. The number of hydrazine groups is 1. The lowest BCUT2D eigenvalue weighted by molar-refractivity contribution is 1.13. The molecule has 7 nitrogen and oxygen atoms in total. The first-order valence-corrected chi connectivity index (χ1v) is 4.68. The quantitative estimate of drug-likeness (QED) is 0.189. The number of nitrogens with zero attached hydrogens (tertiary/aromatic N) is 1. The van der Waals surface area contributed by atoms with Crippen molar-refractivity contribution in [3.8, 4) is 0 Å². The smallest absolute Gasteiger partial charge is 0.182 e. The average Bonchev–Trinajstić information content (AvgIpc) is 2.24. The van der Waals surface area contributed by atoms with E-state index < -0.39 is 0 Å². The number of nitrogens with one attached hydrogen (secondary N) is 3. The summed E-state index contributed by atoms with van der Waals surface area (Å²) < 4.78 is 0. The summed E-state index contributed by atoms with van der Waals surface area (Å²) in [5, 5.41) is 3.60. The second-order valence-electron chi connectivity index (χ2n) is 2.87. The van der Waals surface area contributed by atoms with Crippen LogP contribution in [-0.2, 0) is 0 Å². The van der Waals surface area contributed by atoms with Crippen LogP contribution in [-0.4, -0.2) is 11.8 Å². The lowest BCUT2D eigenvalue weighted by Crippen LogP contribution is -2.34. The Kier molecular flexibility index (Phi) is 3.72. The van der Waals surface area contributed by atoms with Gasteiger partial charge in [-0.1, -0.05) is 0 Å². The van der Waals surface area contributed by atoms with Crippen LogP contribution >= 0.6 is 12.2 Å². The molecule has 0 aliphatic rings. The standard InChI is InChI=1S/C8H13N7S/c1-12-13-4-2-3-5(7(10)6(4)9)14-15-8(11)16/h2-3,13-14H,1,9-10H2,(H3,11,15,16). The number of hydrogen-bond donors (Lipinski definition) is 6. The summed E-state index contributed by atoms with van der Waals surface area (Å²) in [6.45, 7) is 3.29. The Labute approximate surface area is 98.0 Å². The molecule has 0 spiro atoms. The van der Waals surface area contributed by atoms with Gasteiger partial charge in [0.05, 0.1) is 22.7 Å². The van der Waals surface area contributed by atoms with Gasteiger partial charge < -0.3 is 17.2 Å². The first kappa shape index (κ1) is 11.9. The molecule has 0 aliphatic carbocycles. The van der Waals surface area contributed by atoms with Gasteiger partial charge in [-0.05, 0) is 24.4 Å². The molecule has 0 aromatic heterocycles. The molecular weight excluding hydrogens is 226 g/mol. The van der Waals surface area contributed by atoms with Crippen molar-refractivity contribution in [2.24, 2.45) is 10.8 Å². The highest BCUT2D eigenvalue weighted by molar-refractivity contribution is 7.80. The van der Waals surface area contributed by atoms with Crippen molar-refractivity contribution < 1.29 is 0 Å². The normalized spacial score (nSPS) is 9.25. The van der Waals surface area contributed by atoms with Gasteiger partial charge in [-0.15, -0.1) is 0 Å². The number of thiocarbonyl (C=S) groups is 1. The van der Waals surface area contributed by atoms with Crippen molar-refractivity contribution in [1.82, 2.24) is 5.43 Å². The fourth-order valence-electron chi connectivity index (χ4n) is 1.06. The van der Waals surface area contributed by atoms with Gasteiger partial charge in [0, 0.05) is 6.72 Å². The van der Waals surface area contributed by atoms with Crippen molar-refractivity contribution in [3.05, 3.63) is 12.1 Å². The molecule has 86 valence electrons. The van der Waals surface area contributed by atoms with Crippen LogP contribution in [0.5, 0.6) is 0 Å². The Morgan fingerprint density at radius 1 is 1.25 bits per heavy atom. The molecular formula is C8H13N7S. The predicted molar refractivity (Wildman–Crippen MR) is 72.0 cm³/mol. The van der Waals surface area contributed by atoms with Gasteiger partial charge in [-0.2, -0.15) is 5.10 Å². The van der Waals surface area contributed by atoms with Gasteiger partial charge >= 0.3 is 0 Å². The number of anilines is 4. The molecule has 9 N–H and O–H groups in total. The summed E-state index contributed by atoms with van der Waals surface area (Å²) in [7, 11) is 0. The van der Waals surface area contributed by atoms with Crippen LogP contribution in [0.4, 0.5) is 22.7 Å². The Morgan fingerprint density at radius 3 is 2.38 bits per heavy atom. The van der Waals surface area contributed by atoms with Crippen LogP contribution in [0.25, 0.3) is 0 Å². The molecule has 0 unspecified atom stereocenters. The lowest BCUT2D eigenvalue weighted by atomic mass is 10.2. The topological polar surface area (TPSA) is 127 Å². The molecule has 0 heterocycles. The van der Waals surface area contributed by atoms with Gasteiger partial charge in [0.15, 0.2) is 5.11 Å². The average molecular weight is 239 g/mol. The van der Waals surface area contributed by atoms with Crippen molar-refractivity contribution in [1.29, 1.82) is 0 Å². The summed E-state index contributed by atoms with van der Waals surface area (Å²) in [6.07, 6.45) is 0. The fraction of sp³-hybridized carbons (Fsp3) is 0. The van der Waals surface area contributed by atoms with E-state index >= 15 is 0 Å². The summed E-state index contributed by atoms with van der Waals surface area (Å²) >= 11 is 4.63. The number of nitrogens with two attached hydrogens (primary N) is 3. The van der Waals surface area contributed by atoms with Crippen LogP contribution in [0.15, 0.2) is 17.2 Å². The Bertz CT molecular complexity index is 417. The van der Waals surface area contributed by atoms with Gasteiger partial charge in [-0.3, -0.25) is 16.3 Å². The minimum absolute atomic E-state index is 0.105. The maximum Gasteiger partial charge on any atom is 0.182 e. The number of rotatable bonds is 4. The third-order valence-corrected chi connectivity index (χ3v) is 1.91. The fourth-order valence-corrected chi connectivity index (χ4v) is 1.11. The Balaban J connectivity index is 2.92. The van der Waals surface area contributed by atoms with Crippen molar-refractivity contribution in [2.75, 3.05) is 22.3 Å². The summed E-state index contributed by atoms with van der Waals surface area (Å²) in [5.74, 6) is 0. The number of hydrazone groups is 1. The maximum absolute atomic E-state index is 5.79. The minimum atomic E-state index is 0.105. The van der Waals surface area contributed by atoms with Gasteiger partial charge in [0.1, 0.15) is 0 Å². The van der Waals surface area contributed by atoms with Gasteiger partial charge in [0.25, 0.3) is 0 Å². The zero-order valence-electron chi connectivity index (χ0n) is 8.45. The molecule has 0 saturated carbocycles. The highest BCUT2D eigenvalue weighted by Crippen LogP contribution is 2.31. The first-order chi connectivity index (χ1) is 7.56. The predicted octanol–water partition coefficient (Wildman–Crippen LogP) is 0.0386. The summed E-state index contributed by atoms with van der Waals surface area (Å²) in [6, 6.07) is 3.40. The first-order valence-electron chi connectivity index (χ1n) is 4.27. The van der Waals surface area contributed by atoms with E-state index in [4.69, 9.17) is 17.2 Å². The number of nitrogen functional groups attached to an aromatic ring is 2. The van der Waals surface area contributed by atoms with E-state index in [9.17, 15) is 0 Å². The van der Waals surface area contributed by atoms with Gasteiger partial charge in [-0.25, -0.2) is 0 Å². The monoisotopic (exact) mass is 239 g/mol. The number of benzene rings is 1. The molecule has 1 aromatic rings. The van der Waals surface area contributed by atoms with Crippen LogP contribution < -0.4 is 33.5 Å². The van der Waals surface area contributed by atoms with E-state index in [1.165, 1.54) is 0 Å². The van der Waals surface area contributed by atoms with Crippen molar-refractivity contribution in [2.45, 2.75) is 0 Å². The molecule has 0 amide bonds. The van der Waals surface area contributed by atoms with E-state index in [2.05, 4.69) is 40.3 Å². The van der Waals surface area contributed by atoms with Crippen LogP contribution in [0.2, 0.25) is 0 Å². The van der Waals surface area contributed by atoms with E-state index in [-0.39, 0.29) is 5.11 Å². The second kappa shape index (κ2) is 5.03. The third kappa shape index (κ3) is 2.64. The third-order valence-electron chi connectivity index (χ3n) is 1.81. The second-order valence-corrected chi connectivity index (χ2v) is 3.31. The molecule has 0 radical (unpaired) electrons. The van der Waals surface area contributed by atoms with E-state index in [1.54, 1.807) is 12.1 Å². The van der Waals surface area contributed by atoms with Crippen LogP contribution in [0.1, 0.15) is 0 Å². The minimum Gasteiger partial charge on any atom is -0.395 e. The Hall–Kier alpha value is -2.22. The summed E-state index contributed by atoms with van der Waals surface area (Å²) in [4.78, 5) is 0. The molecule has 0 saturated heterocycles. The Morgan fingerprint density at radius 2 is 1.81 bits per heavy atom. The zero-order valence-corrected chi connectivity index (χ0v) is 9.27. The SMILES string of the molecule is C=NNc1ccc(NNC(N)=S)c(N)c1N. The lowest BCUT2D eigenvalue weighted by Gasteiger charge is -2.14. The van der Waals surface area contributed by atoms with Crippen LogP contribution in [0.3, 0.4) is 0 Å². The molecule has 16 heavy (non-hydrogen) atoms. The van der Waals surface area contributed by atoms with E-state index in [0.717, 1.165) is 0 Å². The van der Waals surface area contributed by atoms with Crippen molar-refractivity contribution in [3.63, 3.8) is 0 Å². The molecule has 0 fully saturated rings. The molecule has 1 aromatic carbocycles. The largest absolute Gasteiger partial charge is 0.395 e. The van der Waals surface area contributed by atoms with E-state index in [0.29, 0.717) is 22.7 Å². The van der Waals surface area contributed by atoms with E-state index in [1.807, 2.05) is 0 Å². The maximum atomic E-state index is 5.79. The van der Waals surface area contributed by atoms with Gasteiger partial charge in [0.2, 0.25) is 0 Å². The number of hydrogen-bond acceptors (Lipinski definition) is 6.